The normalized spacial score (nSPS) is 11.1. The lowest BCUT2D eigenvalue weighted by atomic mass is 10.2. The molecule has 34 heavy (non-hydrogen) atoms. The van der Waals surface area contributed by atoms with Crippen molar-refractivity contribution in [3.05, 3.63) is 70.5 Å². The van der Waals surface area contributed by atoms with E-state index in [0.717, 1.165) is 16.1 Å². The fraction of sp³-hybridized carbons (Fsp3) is 0.143. The first-order valence-corrected chi connectivity index (χ1v) is 11.3. The van der Waals surface area contributed by atoms with Gasteiger partial charge >= 0.3 is 0 Å². The first-order valence-electron chi connectivity index (χ1n) is 9.94. The molecule has 4 aromatic rings. The highest BCUT2D eigenvalue weighted by molar-refractivity contribution is 7.98. The minimum absolute atomic E-state index is 0.0220. The maximum atomic E-state index is 12.9. The number of aromatic nitrogens is 5. The molecule has 0 aliphatic rings. The third kappa shape index (κ3) is 5.35. The van der Waals surface area contributed by atoms with Crippen LogP contribution in [0.4, 0.5) is 11.5 Å². The summed E-state index contributed by atoms with van der Waals surface area (Å²) < 4.78 is 6.00. The smallest absolute Gasteiger partial charge is 0.293 e. The minimum Gasteiger partial charge on any atom is -0.378 e. The molecule has 3 N–H and O–H groups in total. The van der Waals surface area contributed by atoms with Crippen LogP contribution >= 0.6 is 23.4 Å². The summed E-state index contributed by atoms with van der Waals surface area (Å²) >= 11 is 7.42. The maximum absolute atomic E-state index is 12.9. The molecule has 0 radical (unpaired) electrons. The molecule has 0 spiro atoms. The van der Waals surface area contributed by atoms with Crippen LogP contribution in [0.25, 0.3) is 5.82 Å². The largest absolute Gasteiger partial charge is 0.378 e. The van der Waals surface area contributed by atoms with Crippen molar-refractivity contribution in [1.29, 1.82) is 0 Å². The van der Waals surface area contributed by atoms with Crippen molar-refractivity contribution in [2.75, 3.05) is 24.7 Å². The second-order valence-electron chi connectivity index (χ2n) is 7.20. The number of hydrogen-bond donors (Lipinski definition) is 2. The lowest BCUT2D eigenvalue weighted by Crippen LogP contribution is -2.20. The number of anilines is 2. The molecule has 0 atom stereocenters. The molecule has 0 bridgehead atoms. The van der Waals surface area contributed by atoms with Gasteiger partial charge in [0.15, 0.2) is 5.69 Å². The van der Waals surface area contributed by atoms with E-state index in [-0.39, 0.29) is 17.3 Å². The van der Waals surface area contributed by atoms with Gasteiger partial charge in [0.25, 0.3) is 5.91 Å². The Morgan fingerprint density at radius 2 is 1.94 bits per heavy atom. The number of rotatable bonds is 8. The van der Waals surface area contributed by atoms with Gasteiger partial charge in [-0.15, -0.1) is 16.9 Å². The highest BCUT2D eigenvalue weighted by Gasteiger charge is 2.24. The van der Waals surface area contributed by atoms with Crippen molar-refractivity contribution >= 4 is 47.0 Å². The number of hydrogen-bond acceptors (Lipinski definition) is 10. The van der Waals surface area contributed by atoms with Gasteiger partial charge in [-0.05, 0) is 52.3 Å². The van der Waals surface area contributed by atoms with Crippen molar-refractivity contribution in [2.24, 2.45) is 5.10 Å². The summed E-state index contributed by atoms with van der Waals surface area (Å²) in [4.78, 5) is 15.8. The lowest BCUT2D eigenvalue weighted by Gasteiger charge is -2.11. The topological polar surface area (TPSA) is 140 Å². The molecule has 0 unspecified atom stereocenters. The second-order valence-corrected chi connectivity index (χ2v) is 8.68. The molecular formula is C21H20ClN9O2S. The van der Waals surface area contributed by atoms with Crippen LogP contribution in [0.3, 0.4) is 0 Å². The molecule has 2 aromatic carbocycles. The van der Waals surface area contributed by atoms with Crippen LogP contribution in [0.5, 0.6) is 0 Å². The number of thioether (sulfide) groups is 1. The molecule has 0 saturated heterocycles. The van der Waals surface area contributed by atoms with Gasteiger partial charge in [-0.25, -0.2) is 10.1 Å². The van der Waals surface area contributed by atoms with E-state index in [9.17, 15) is 4.79 Å². The van der Waals surface area contributed by atoms with Crippen LogP contribution in [0.15, 0.2) is 63.2 Å². The van der Waals surface area contributed by atoms with Crippen LogP contribution in [0.1, 0.15) is 21.7 Å². The zero-order valence-corrected chi connectivity index (χ0v) is 19.8. The Bertz CT molecular complexity index is 1300. The number of nitrogen functional groups attached to an aromatic ring is 1. The summed E-state index contributed by atoms with van der Waals surface area (Å²) in [7, 11) is 3.92. The van der Waals surface area contributed by atoms with Gasteiger partial charge in [0.1, 0.15) is 0 Å². The molecule has 0 fully saturated rings. The number of nitrogens with two attached hydrogens (primary N) is 1. The van der Waals surface area contributed by atoms with Crippen molar-refractivity contribution in [3.63, 3.8) is 0 Å². The van der Waals surface area contributed by atoms with Crippen LogP contribution in [0.2, 0.25) is 5.02 Å². The Labute approximate surface area is 203 Å². The summed E-state index contributed by atoms with van der Waals surface area (Å²) in [5.41, 5.74) is 10.7. The summed E-state index contributed by atoms with van der Waals surface area (Å²) in [6.07, 6.45) is 1.55. The third-order valence-corrected chi connectivity index (χ3v) is 5.93. The molecule has 2 heterocycles. The number of nitrogens with zero attached hydrogens (tertiary/aromatic N) is 7. The molecule has 11 nitrogen and oxygen atoms in total. The van der Waals surface area contributed by atoms with Gasteiger partial charge in [0.2, 0.25) is 11.6 Å². The Balaban J connectivity index is 1.53. The molecular weight excluding hydrogens is 478 g/mol. The summed E-state index contributed by atoms with van der Waals surface area (Å²) in [5.74, 6) is -0.0370. The van der Waals surface area contributed by atoms with Gasteiger partial charge in [-0.3, -0.25) is 4.79 Å². The summed E-state index contributed by atoms with van der Waals surface area (Å²) in [6, 6.07) is 15.0. The van der Waals surface area contributed by atoms with Crippen molar-refractivity contribution in [3.8, 4) is 5.82 Å². The van der Waals surface area contributed by atoms with E-state index in [1.165, 1.54) is 16.4 Å². The fourth-order valence-electron chi connectivity index (χ4n) is 2.87. The number of nitrogens with one attached hydrogen (secondary N) is 1. The number of benzene rings is 2. The van der Waals surface area contributed by atoms with Gasteiger partial charge in [-0.2, -0.15) is 9.78 Å². The zero-order chi connectivity index (χ0) is 24.1. The number of carbonyl (C=O) groups excluding carboxylic acids is 1. The first-order chi connectivity index (χ1) is 16.4. The SMILES string of the molecule is CN(C)c1ccc(/C=N/NC(=O)c2nnn(-c3nonc3N)c2CSc2ccc(Cl)cc2)cc1. The number of hydrazone groups is 1. The molecule has 4 rings (SSSR count). The zero-order valence-electron chi connectivity index (χ0n) is 18.2. The van der Waals surface area contributed by atoms with E-state index in [1.54, 1.807) is 18.3 Å². The molecule has 174 valence electrons. The van der Waals surface area contributed by atoms with Crippen molar-refractivity contribution in [1.82, 2.24) is 30.7 Å². The third-order valence-electron chi connectivity index (χ3n) is 4.65. The molecule has 1 amide bonds. The van der Waals surface area contributed by atoms with E-state index in [1.807, 2.05) is 55.4 Å². The standard InChI is InChI=1S/C21H20ClN9O2S/c1-30(2)15-7-3-13(4-8-15)11-24-26-21(32)18-17(12-34-16-9-5-14(22)6-10-16)31(29-25-18)20-19(23)27-33-28-20/h3-11H,12H2,1-2H3,(H2,23,27)(H,26,32)/b24-11+. The van der Waals surface area contributed by atoms with E-state index < -0.39 is 5.91 Å². The van der Waals surface area contributed by atoms with Gasteiger partial charge in [-0.1, -0.05) is 28.9 Å². The highest BCUT2D eigenvalue weighted by atomic mass is 35.5. The monoisotopic (exact) mass is 497 g/mol. The van der Waals surface area contributed by atoms with E-state index in [0.29, 0.717) is 16.5 Å². The average Bonchev–Trinajstić information content (AvgIpc) is 3.44. The first kappa shape index (κ1) is 23.3. The Morgan fingerprint density at radius 3 is 2.59 bits per heavy atom. The van der Waals surface area contributed by atoms with Gasteiger partial charge < -0.3 is 10.6 Å². The van der Waals surface area contributed by atoms with E-state index >= 15 is 0 Å². The van der Waals surface area contributed by atoms with Gasteiger partial charge in [0, 0.05) is 35.5 Å². The van der Waals surface area contributed by atoms with Crippen LogP contribution in [0, 0.1) is 0 Å². The summed E-state index contributed by atoms with van der Waals surface area (Å²) in [6.45, 7) is 0. The van der Waals surface area contributed by atoms with E-state index in [2.05, 4.69) is 35.8 Å². The van der Waals surface area contributed by atoms with Crippen molar-refractivity contribution < 1.29 is 9.42 Å². The minimum atomic E-state index is -0.533. The Kier molecular flexibility index (Phi) is 7.09. The molecule has 0 aliphatic carbocycles. The predicted molar refractivity (Wildman–Crippen MR) is 130 cm³/mol. The molecule has 2 aromatic heterocycles. The van der Waals surface area contributed by atoms with Crippen LogP contribution in [-0.4, -0.2) is 51.5 Å². The molecule has 0 saturated carbocycles. The quantitative estimate of drug-likeness (QED) is 0.213. The molecule has 0 aliphatic heterocycles. The van der Waals surface area contributed by atoms with Crippen LogP contribution in [-0.2, 0) is 5.75 Å². The number of carbonyl (C=O) groups is 1. The highest BCUT2D eigenvalue weighted by Crippen LogP contribution is 2.27. The predicted octanol–water partition coefficient (Wildman–Crippen LogP) is 3.01. The fourth-order valence-corrected chi connectivity index (χ4v) is 3.89. The van der Waals surface area contributed by atoms with Crippen molar-refractivity contribution in [2.45, 2.75) is 10.6 Å². The van der Waals surface area contributed by atoms with Crippen LogP contribution < -0.4 is 16.1 Å². The Hall–Kier alpha value is -3.90. The number of amides is 1. The average molecular weight is 498 g/mol. The maximum Gasteiger partial charge on any atom is 0.293 e. The summed E-state index contributed by atoms with van der Waals surface area (Å²) in [5, 5.41) is 20.1. The molecule has 13 heteroatoms. The van der Waals surface area contributed by atoms with E-state index in [4.69, 9.17) is 17.3 Å². The Morgan fingerprint density at radius 1 is 1.21 bits per heavy atom. The number of halogens is 1. The lowest BCUT2D eigenvalue weighted by molar-refractivity contribution is 0.0949. The van der Waals surface area contributed by atoms with Gasteiger partial charge in [0.05, 0.1) is 11.9 Å². The second kappa shape index (κ2) is 10.4.